The number of ketones is 1. The van der Waals surface area contributed by atoms with Crippen molar-refractivity contribution in [2.24, 2.45) is 0 Å². The van der Waals surface area contributed by atoms with Gasteiger partial charge >= 0.3 is 0 Å². The molecule has 110 valence electrons. The number of rotatable bonds is 7. The van der Waals surface area contributed by atoms with Crippen LogP contribution >= 0.6 is 0 Å². The maximum Gasteiger partial charge on any atom is 0.164 e. The second kappa shape index (κ2) is 7.44. The Bertz CT molecular complexity index is 450. The molecule has 1 fully saturated rings. The van der Waals surface area contributed by atoms with Gasteiger partial charge in [0.05, 0.1) is 6.61 Å². The first-order valence-corrected chi connectivity index (χ1v) is 7.69. The van der Waals surface area contributed by atoms with Gasteiger partial charge in [-0.2, -0.15) is 0 Å². The monoisotopic (exact) mass is 275 g/mol. The van der Waals surface area contributed by atoms with Gasteiger partial charge in [-0.1, -0.05) is 6.92 Å². The van der Waals surface area contributed by atoms with E-state index in [2.05, 4.69) is 11.8 Å². The van der Waals surface area contributed by atoms with E-state index in [0.29, 0.717) is 6.42 Å². The van der Waals surface area contributed by atoms with E-state index in [1.54, 1.807) is 0 Å². The minimum absolute atomic E-state index is 0.238. The first kappa shape index (κ1) is 15.0. The van der Waals surface area contributed by atoms with Gasteiger partial charge in [-0.15, -0.1) is 0 Å². The predicted molar refractivity (Wildman–Crippen MR) is 81.6 cm³/mol. The summed E-state index contributed by atoms with van der Waals surface area (Å²) in [6, 6.07) is 5.77. The molecule has 0 saturated carbocycles. The van der Waals surface area contributed by atoms with E-state index in [-0.39, 0.29) is 5.78 Å². The minimum Gasteiger partial charge on any atom is -0.493 e. The van der Waals surface area contributed by atoms with Gasteiger partial charge in [0.25, 0.3) is 0 Å². The van der Waals surface area contributed by atoms with Crippen molar-refractivity contribution in [3.05, 3.63) is 29.3 Å². The van der Waals surface area contributed by atoms with Gasteiger partial charge in [0.1, 0.15) is 5.75 Å². The van der Waals surface area contributed by atoms with Crippen molar-refractivity contribution in [2.45, 2.75) is 39.5 Å². The molecule has 0 spiro atoms. The molecule has 2 rings (SSSR count). The van der Waals surface area contributed by atoms with Gasteiger partial charge in [-0.25, -0.2) is 0 Å². The SMILES string of the molecule is CCCOc1ccc(C(=O)CCN2CCCC2)cc1C. The summed E-state index contributed by atoms with van der Waals surface area (Å²) in [7, 11) is 0. The Labute approximate surface area is 121 Å². The zero-order chi connectivity index (χ0) is 14.4. The molecular weight excluding hydrogens is 250 g/mol. The molecular formula is C17H25NO2. The van der Waals surface area contributed by atoms with Crippen molar-refractivity contribution < 1.29 is 9.53 Å². The van der Waals surface area contributed by atoms with Crippen LogP contribution in [0.25, 0.3) is 0 Å². The zero-order valence-corrected chi connectivity index (χ0v) is 12.7. The molecule has 0 amide bonds. The number of ether oxygens (including phenoxy) is 1. The van der Waals surface area contributed by atoms with Gasteiger partial charge in [0, 0.05) is 18.5 Å². The highest BCUT2D eigenvalue weighted by atomic mass is 16.5. The van der Waals surface area contributed by atoms with Crippen LogP contribution in [0.4, 0.5) is 0 Å². The Hall–Kier alpha value is -1.35. The summed E-state index contributed by atoms with van der Waals surface area (Å²) >= 11 is 0. The normalized spacial score (nSPS) is 15.5. The van der Waals surface area contributed by atoms with E-state index in [4.69, 9.17) is 4.74 Å². The lowest BCUT2D eigenvalue weighted by atomic mass is 10.0. The van der Waals surface area contributed by atoms with Gasteiger partial charge in [-0.3, -0.25) is 4.79 Å². The number of nitrogens with zero attached hydrogens (tertiary/aromatic N) is 1. The number of carbonyl (C=O) groups is 1. The van der Waals surface area contributed by atoms with Crippen LogP contribution in [0.1, 0.15) is 48.5 Å². The van der Waals surface area contributed by atoms with Crippen molar-refractivity contribution in [3.8, 4) is 5.75 Å². The molecule has 0 N–H and O–H groups in total. The van der Waals surface area contributed by atoms with Crippen molar-refractivity contribution in [2.75, 3.05) is 26.2 Å². The molecule has 0 atom stereocenters. The summed E-state index contributed by atoms with van der Waals surface area (Å²) in [4.78, 5) is 14.6. The molecule has 1 aromatic rings. The topological polar surface area (TPSA) is 29.5 Å². The Morgan fingerprint density at radius 2 is 2.05 bits per heavy atom. The van der Waals surface area contributed by atoms with Crippen LogP contribution in [0.15, 0.2) is 18.2 Å². The van der Waals surface area contributed by atoms with E-state index < -0.39 is 0 Å². The van der Waals surface area contributed by atoms with Gasteiger partial charge < -0.3 is 9.64 Å². The minimum atomic E-state index is 0.238. The predicted octanol–water partition coefficient (Wildman–Crippen LogP) is 3.45. The zero-order valence-electron chi connectivity index (χ0n) is 12.7. The molecule has 3 nitrogen and oxygen atoms in total. The van der Waals surface area contributed by atoms with Gasteiger partial charge in [0.15, 0.2) is 5.78 Å². The Morgan fingerprint density at radius 3 is 2.70 bits per heavy atom. The molecule has 0 unspecified atom stereocenters. The van der Waals surface area contributed by atoms with Crippen LogP contribution < -0.4 is 4.74 Å². The third-order valence-corrected chi connectivity index (χ3v) is 3.81. The van der Waals surface area contributed by atoms with E-state index in [1.165, 1.54) is 12.8 Å². The van der Waals surface area contributed by atoms with Crippen molar-refractivity contribution in [1.82, 2.24) is 4.90 Å². The summed E-state index contributed by atoms with van der Waals surface area (Å²) in [6.45, 7) is 8.01. The first-order valence-electron chi connectivity index (χ1n) is 7.69. The average molecular weight is 275 g/mol. The lowest BCUT2D eigenvalue weighted by Crippen LogP contribution is -2.22. The molecule has 1 saturated heterocycles. The second-order valence-corrected chi connectivity index (χ2v) is 5.55. The van der Waals surface area contributed by atoms with E-state index >= 15 is 0 Å². The van der Waals surface area contributed by atoms with E-state index in [0.717, 1.165) is 49.5 Å². The molecule has 1 heterocycles. The average Bonchev–Trinajstić information content (AvgIpc) is 2.96. The number of hydrogen-bond donors (Lipinski definition) is 0. The van der Waals surface area contributed by atoms with E-state index in [1.807, 2.05) is 25.1 Å². The quantitative estimate of drug-likeness (QED) is 0.714. The highest BCUT2D eigenvalue weighted by molar-refractivity contribution is 5.96. The fourth-order valence-electron chi connectivity index (χ4n) is 2.61. The van der Waals surface area contributed by atoms with Crippen molar-refractivity contribution in [3.63, 3.8) is 0 Å². The smallest absolute Gasteiger partial charge is 0.164 e. The molecule has 1 aliphatic heterocycles. The summed E-state index contributed by atoms with van der Waals surface area (Å²) in [5.41, 5.74) is 1.86. The molecule has 1 aromatic carbocycles. The number of benzene rings is 1. The Morgan fingerprint density at radius 1 is 1.30 bits per heavy atom. The molecule has 0 radical (unpaired) electrons. The maximum atomic E-state index is 12.2. The second-order valence-electron chi connectivity index (χ2n) is 5.55. The molecule has 0 bridgehead atoms. The third-order valence-electron chi connectivity index (χ3n) is 3.81. The largest absolute Gasteiger partial charge is 0.493 e. The molecule has 1 aliphatic rings. The van der Waals surface area contributed by atoms with Crippen LogP contribution in [-0.2, 0) is 0 Å². The van der Waals surface area contributed by atoms with Crippen molar-refractivity contribution >= 4 is 5.78 Å². The summed E-state index contributed by atoms with van der Waals surface area (Å²) in [5.74, 6) is 1.13. The lowest BCUT2D eigenvalue weighted by molar-refractivity contribution is 0.0969. The number of Topliss-reactive ketones (excluding diaryl/α,β-unsaturated/α-hetero) is 1. The summed E-state index contributed by atoms with van der Waals surface area (Å²) < 4.78 is 5.64. The standard InChI is InChI=1S/C17H25NO2/c1-3-12-20-17-7-6-15(13-14(17)2)16(19)8-11-18-9-4-5-10-18/h6-7,13H,3-5,8-12H2,1-2H3. The molecule has 20 heavy (non-hydrogen) atoms. The van der Waals surface area contributed by atoms with Crippen LogP contribution in [0.3, 0.4) is 0 Å². The first-order chi connectivity index (χ1) is 9.70. The van der Waals surface area contributed by atoms with Gasteiger partial charge in [-0.05, 0) is 63.0 Å². The summed E-state index contributed by atoms with van der Waals surface area (Å²) in [6.07, 6.45) is 4.16. The highest BCUT2D eigenvalue weighted by Crippen LogP contribution is 2.20. The Balaban J connectivity index is 1.90. The van der Waals surface area contributed by atoms with Crippen molar-refractivity contribution in [1.29, 1.82) is 0 Å². The molecule has 3 heteroatoms. The van der Waals surface area contributed by atoms with Crippen LogP contribution in [0.5, 0.6) is 5.75 Å². The molecule has 0 aromatic heterocycles. The number of carbonyl (C=O) groups excluding carboxylic acids is 1. The number of aryl methyl sites for hydroxylation is 1. The number of likely N-dealkylation sites (tertiary alicyclic amines) is 1. The fraction of sp³-hybridized carbons (Fsp3) is 0.588. The fourth-order valence-corrected chi connectivity index (χ4v) is 2.61. The van der Waals surface area contributed by atoms with Crippen LogP contribution in [0, 0.1) is 6.92 Å². The molecule has 0 aliphatic carbocycles. The van der Waals surface area contributed by atoms with Gasteiger partial charge in [0.2, 0.25) is 0 Å². The summed E-state index contributed by atoms with van der Waals surface area (Å²) in [5, 5.41) is 0. The number of hydrogen-bond acceptors (Lipinski definition) is 3. The van der Waals surface area contributed by atoms with E-state index in [9.17, 15) is 4.79 Å². The van der Waals surface area contributed by atoms with Crippen LogP contribution in [-0.4, -0.2) is 36.9 Å². The highest BCUT2D eigenvalue weighted by Gasteiger charge is 2.14. The Kier molecular flexibility index (Phi) is 5.60. The third kappa shape index (κ3) is 4.07. The lowest BCUT2D eigenvalue weighted by Gasteiger charge is -2.14. The maximum absolute atomic E-state index is 12.2. The van der Waals surface area contributed by atoms with Crippen LogP contribution in [0.2, 0.25) is 0 Å².